The molecule has 2 aromatic rings. The number of anilines is 1. The summed E-state index contributed by atoms with van der Waals surface area (Å²) in [5.41, 5.74) is 1.77. The lowest BCUT2D eigenvalue weighted by Crippen LogP contribution is -2.41. The maximum absolute atomic E-state index is 12.3. The first-order valence-electron chi connectivity index (χ1n) is 8.08. The highest BCUT2D eigenvalue weighted by Crippen LogP contribution is 2.18. The molecule has 7 heteroatoms. The SMILES string of the molecule is O=C(Nc1cnn(Cc2ccc(Cl)cc2)c1)N1CCC(CO)CC1. The van der Waals surface area contributed by atoms with E-state index in [9.17, 15) is 4.79 Å². The third-order valence-corrected chi connectivity index (χ3v) is 4.55. The van der Waals surface area contributed by atoms with E-state index in [0.29, 0.717) is 36.3 Å². The zero-order valence-corrected chi connectivity index (χ0v) is 14.1. The maximum Gasteiger partial charge on any atom is 0.321 e. The molecule has 1 saturated heterocycles. The summed E-state index contributed by atoms with van der Waals surface area (Å²) in [4.78, 5) is 14.0. The average Bonchev–Trinajstić information content (AvgIpc) is 3.04. The number of nitrogens with one attached hydrogen (secondary N) is 1. The number of rotatable bonds is 4. The summed E-state index contributed by atoms with van der Waals surface area (Å²) >= 11 is 5.88. The summed E-state index contributed by atoms with van der Waals surface area (Å²) in [6.45, 7) is 2.17. The largest absolute Gasteiger partial charge is 0.396 e. The van der Waals surface area contributed by atoms with Crippen LogP contribution < -0.4 is 5.32 Å². The molecule has 1 aliphatic rings. The van der Waals surface area contributed by atoms with E-state index in [1.807, 2.05) is 30.5 Å². The fourth-order valence-electron chi connectivity index (χ4n) is 2.81. The molecule has 1 aromatic carbocycles. The van der Waals surface area contributed by atoms with Crippen molar-refractivity contribution in [3.05, 3.63) is 47.2 Å². The van der Waals surface area contributed by atoms with Crippen LogP contribution in [0.1, 0.15) is 18.4 Å². The van der Waals surface area contributed by atoms with Gasteiger partial charge >= 0.3 is 6.03 Å². The fourth-order valence-corrected chi connectivity index (χ4v) is 2.94. The second-order valence-electron chi connectivity index (χ2n) is 6.10. The van der Waals surface area contributed by atoms with Crippen molar-refractivity contribution in [2.24, 2.45) is 5.92 Å². The summed E-state index contributed by atoms with van der Waals surface area (Å²) in [6, 6.07) is 7.48. The van der Waals surface area contributed by atoms with Gasteiger partial charge in [0.05, 0.1) is 18.4 Å². The highest BCUT2D eigenvalue weighted by Gasteiger charge is 2.22. The number of halogens is 1. The van der Waals surface area contributed by atoms with Gasteiger partial charge in [0.2, 0.25) is 0 Å². The van der Waals surface area contributed by atoms with Crippen molar-refractivity contribution < 1.29 is 9.90 Å². The number of hydrogen-bond donors (Lipinski definition) is 2. The van der Waals surface area contributed by atoms with Gasteiger partial charge in [-0.05, 0) is 36.5 Å². The van der Waals surface area contributed by atoms with Crippen LogP contribution in [0.4, 0.5) is 10.5 Å². The second-order valence-corrected chi connectivity index (χ2v) is 6.53. The van der Waals surface area contributed by atoms with Crippen molar-refractivity contribution >= 4 is 23.3 Å². The first-order chi connectivity index (χ1) is 11.6. The Morgan fingerprint density at radius 2 is 2.00 bits per heavy atom. The molecule has 128 valence electrons. The smallest absolute Gasteiger partial charge is 0.321 e. The van der Waals surface area contributed by atoms with Crippen molar-refractivity contribution in [2.75, 3.05) is 25.0 Å². The van der Waals surface area contributed by atoms with Gasteiger partial charge in [-0.15, -0.1) is 0 Å². The molecule has 0 atom stereocenters. The lowest BCUT2D eigenvalue weighted by Gasteiger charge is -2.30. The number of benzene rings is 1. The Bertz CT molecular complexity index is 678. The number of urea groups is 1. The van der Waals surface area contributed by atoms with E-state index in [1.54, 1.807) is 15.8 Å². The van der Waals surface area contributed by atoms with Crippen LogP contribution in [0.25, 0.3) is 0 Å². The van der Waals surface area contributed by atoms with E-state index < -0.39 is 0 Å². The Morgan fingerprint density at radius 1 is 1.29 bits per heavy atom. The molecule has 24 heavy (non-hydrogen) atoms. The quantitative estimate of drug-likeness (QED) is 0.892. The predicted molar refractivity (Wildman–Crippen MR) is 93.2 cm³/mol. The van der Waals surface area contributed by atoms with E-state index in [2.05, 4.69) is 10.4 Å². The topological polar surface area (TPSA) is 70.4 Å². The Labute approximate surface area is 146 Å². The van der Waals surface area contributed by atoms with Crippen LogP contribution >= 0.6 is 11.6 Å². The Balaban J connectivity index is 1.54. The number of nitrogens with zero attached hydrogens (tertiary/aromatic N) is 3. The molecule has 2 amide bonds. The minimum atomic E-state index is -0.113. The summed E-state index contributed by atoms with van der Waals surface area (Å²) in [5.74, 6) is 0.316. The molecule has 0 unspecified atom stereocenters. The summed E-state index contributed by atoms with van der Waals surface area (Å²) in [7, 11) is 0. The van der Waals surface area contributed by atoms with Crippen LogP contribution in [0.2, 0.25) is 5.02 Å². The van der Waals surface area contributed by atoms with Gasteiger partial charge in [0.15, 0.2) is 0 Å². The second kappa shape index (κ2) is 7.68. The summed E-state index contributed by atoms with van der Waals surface area (Å²) in [5, 5.41) is 17.0. The number of carbonyl (C=O) groups is 1. The van der Waals surface area contributed by atoms with Gasteiger partial charge < -0.3 is 15.3 Å². The molecule has 0 saturated carbocycles. The zero-order valence-electron chi connectivity index (χ0n) is 13.4. The van der Waals surface area contributed by atoms with Crippen molar-refractivity contribution in [2.45, 2.75) is 19.4 Å². The Kier molecular flexibility index (Phi) is 5.37. The van der Waals surface area contributed by atoms with Gasteiger partial charge in [0.25, 0.3) is 0 Å². The van der Waals surface area contributed by atoms with Crippen LogP contribution in [0, 0.1) is 5.92 Å². The molecule has 2 N–H and O–H groups in total. The molecule has 0 radical (unpaired) electrons. The monoisotopic (exact) mass is 348 g/mol. The highest BCUT2D eigenvalue weighted by molar-refractivity contribution is 6.30. The number of carbonyl (C=O) groups excluding carboxylic acids is 1. The molecule has 0 aliphatic carbocycles. The van der Waals surface area contributed by atoms with Gasteiger partial charge in [-0.1, -0.05) is 23.7 Å². The molecule has 1 fully saturated rings. The Hall–Kier alpha value is -2.05. The fraction of sp³-hybridized carbons (Fsp3) is 0.412. The van der Waals surface area contributed by atoms with Crippen molar-refractivity contribution in [1.82, 2.24) is 14.7 Å². The van der Waals surface area contributed by atoms with E-state index in [0.717, 1.165) is 18.4 Å². The van der Waals surface area contributed by atoms with E-state index >= 15 is 0 Å². The third kappa shape index (κ3) is 4.27. The molecular weight excluding hydrogens is 328 g/mol. The van der Waals surface area contributed by atoms with E-state index in [-0.39, 0.29) is 12.6 Å². The van der Waals surface area contributed by atoms with Crippen molar-refractivity contribution in [3.63, 3.8) is 0 Å². The number of piperidine rings is 1. The lowest BCUT2D eigenvalue weighted by molar-refractivity contribution is 0.143. The molecule has 0 spiro atoms. The molecule has 1 aliphatic heterocycles. The summed E-state index contributed by atoms with van der Waals surface area (Å²) in [6.07, 6.45) is 5.15. The van der Waals surface area contributed by atoms with Gasteiger partial charge in [-0.25, -0.2) is 4.79 Å². The predicted octanol–water partition coefficient (Wildman–Crippen LogP) is 2.82. The minimum absolute atomic E-state index is 0.113. The first-order valence-corrected chi connectivity index (χ1v) is 8.45. The molecule has 0 bridgehead atoms. The van der Waals surface area contributed by atoms with Crippen molar-refractivity contribution in [3.8, 4) is 0 Å². The minimum Gasteiger partial charge on any atom is -0.396 e. The Morgan fingerprint density at radius 3 is 2.67 bits per heavy atom. The lowest BCUT2D eigenvalue weighted by atomic mass is 9.98. The first kappa shape index (κ1) is 16.8. The van der Waals surface area contributed by atoms with Crippen LogP contribution in [0.5, 0.6) is 0 Å². The van der Waals surface area contributed by atoms with Crippen molar-refractivity contribution in [1.29, 1.82) is 0 Å². The zero-order chi connectivity index (χ0) is 16.9. The molecule has 1 aromatic heterocycles. The normalized spacial score (nSPS) is 15.5. The van der Waals surface area contributed by atoms with Gasteiger partial charge in [0.1, 0.15) is 0 Å². The average molecular weight is 349 g/mol. The molecule has 2 heterocycles. The van der Waals surface area contributed by atoms with Gasteiger partial charge in [-0.2, -0.15) is 5.10 Å². The number of hydrogen-bond acceptors (Lipinski definition) is 3. The van der Waals surface area contributed by atoms with E-state index in [1.165, 1.54) is 0 Å². The standard InChI is InChI=1S/C17H21ClN4O2/c18-15-3-1-13(2-4-15)10-22-11-16(9-19-22)20-17(24)21-7-5-14(12-23)6-8-21/h1-4,9,11,14,23H,5-8,10,12H2,(H,20,24). The van der Waals surface area contributed by atoms with Gasteiger partial charge in [0, 0.05) is 30.9 Å². The van der Waals surface area contributed by atoms with Crippen LogP contribution in [0.15, 0.2) is 36.7 Å². The van der Waals surface area contributed by atoms with E-state index in [4.69, 9.17) is 16.7 Å². The molecule has 6 nitrogen and oxygen atoms in total. The number of aliphatic hydroxyl groups is 1. The summed E-state index contributed by atoms with van der Waals surface area (Å²) < 4.78 is 1.77. The maximum atomic E-state index is 12.3. The molecule has 3 rings (SSSR count). The molecular formula is C17H21ClN4O2. The highest BCUT2D eigenvalue weighted by atomic mass is 35.5. The van der Waals surface area contributed by atoms with Crippen LogP contribution in [-0.2, 0) is 6.54 Å². The number of likely N-dealkylation sites (tertiary alicyclic amines) is 1. The number of aromatic nitrogens is 2. The number of amides is 2. The van der Waals surface area contributed by atoms with Gasteiger partial charge in [-0.3, -0.25) is 4.68 Å². The van der Waals surface area contributed by atoms with Crippen LogP contribution in [-0.4, -0.2) is 45.5 Å². The third-order valence-electron chi connectivity index (χ3n) is 4.30. The van der Waals surface area contributed by atoms with Crippen LogP contribution in [0.3, 0.4) is 0 Å². The number of aliphatic hydroxyl groups excluding tert-OH is 1.